The molecule has 0 spiro atoms. The van der Waals surface area contributed by atoms with E-state index in [1.807, 2.05) is 0 Å². The summed E-state index contributed by atoms with van der Waals surface area (Å²) < 4.78 is 66.5. The minimum atomic E-state index is -4.39. The number of alkyl halides is 3. The lowest BCUT2D eigenvalue weighted by atomic mass is 10.2. The normalized spacial score (nSPS) is 17.5. The van der Waals surface area contributed by atoms with Crippen molar-refractivity contribution >= 4 is 43.4 Å². The second-order valence-corrected chi connectivity index (χ2v) is 8.83. The lowest BCUT2D eigenvalue weighted by Gasteiger charge is -2.23. The van der Waals surface area contributed by atoms with E-state index < -0.39 is 21.9 Å². The molecular formula is C12H13F3N2O4S3. The first kappa shape index (κ1) is 19.2. The Morgan fingerprint density at radius 1 is 1.42 bits per heavy atom. The van der Waals surface area contributed by atoms with E-state index in [9.17, 15) is 26.7 Å². The van der Waals surface area contributed by atoms with E-state index >= 15 is 0 Å². The number of hydrogen-bond acceptors (Lipinski definition) is 6. The van der Waals surface area contributed by atoms with Crippen molar-refractivity contribution in [3.8, 4) is 0 Å². The Labute approximate surface area is 143 Å². The van der Waals surface area contributed by atoms with Crippen LogP contribution in [0.1, 0.15) is 5.56 Å². The maximum absolute atomic E-state index is 12.8. The predicted molar refractivity (Wildman–Crippen MR) is 84.9 cm³/mol. The summed E-state index contributed by atoms with van der Waals surface area (Å²) >= 11 is 2.28. The molecule has 2 aromatic rings. The van der Waals surface area contributed by atoms with Crippen molar-refractivity contribution in [2.75, 3.05) is 12.9 Å². The number of nitrogens with zero attached hydrogens (tertiary/aromatic N) is 1. The number of rotatable bonds is 1. The van der Waals surface area contributed by atoms with Gasteiger partial charge in [-0.2, -0.15) is 21.6 Å². The van der Waals surface area contributed by atoms with Crippen molar-refractivity contribution in [1.29, 1.82) is 5.41 Å². The Bertz CT molecular complexity index is 910. The highest BCUT2D eigenvalue weighted by Gasteiger charge is 2.33. The summed E-state index contributed by atoms with van der Waals surface area (Å²) in [5.74, 6) is 0. The van der Waals surface area contributed by atoms with Crippen LogP contribution in [-0.4, -0.2) is 40.8 Å². The maximum Gasteiger partial charge on any atom is 0.416 e. The zero-order chi connectivity index (χ0) is 18.3. The molecule has 3 rings (SSSR count). The smallest absolute Gasteiger partial charge is 0.395 e. The summed E-state index contributed by atoms with van der Waals surface area (Å²) in [5, 5.41) is 16.8. The van der Waals surface area contributed by atoms with Crippen molar-refractivity contribution in [3.63, 3.8) is 0 Å². The van der Waals surface area contributed by atoms with E-state index in [-0.39, 0.29) is 16.7 Å². The van der Waals surface area contributed by atoms with Gasteiger partial charge in [-0.3, -0.25) is 9.96 Å². The summed E-state index contributed by atoms with van der Waals surface area (Å²) in [4.78, 5) is 0.708. The first-order chi connectivity index (χ1) is 10.9. The van der Waals surface area contributed by atoms with E-state index in [0.717, 1.165) is 23.5 Å². The Balaban J connectivity index is 0.000000368. The molecule has 12 heteroatoms. The van der Waals surface area contributed by atoms with Gasteiger partial charge in [0.25, 0.3) is 10.1 Å². The van der Waals surface area contributed by atoms with Gasteiger partial charge >= 0.3 is 6.18 Å². The Kier molecular flexibility index (Phi) is 5.35. The second-order valence-electron chi connectivity index (χ2n) is 4.99. The number of nitrogens with one attached hydrogen (secondary N) is 1. The number of aliphatic hydroxyl groups excluding tert-OH is 1. The van der Waals surface area contributed by atoms with Crippen molar-refractivity contribution in [3.05, 3.63) is 22.5 Å². The molecule has 1 aromatic carbocycles. The van der Waals surface area contributed by atoms with Gasteiger partial charge < -0.3 is 9.67 Å². The van der Waals surface area contributed by atoms with Gasteiger partial charge in [-0.15, -0.1) is 11.8 Å². The molecule has 24 heavy (non-hydrogen) atoms. The van der Waals surface area contributed by atoms with Gasteiger partial charge in [-0.05, 0) is 12.1 Å². The molecule has 0 bridgehead atoms. The molecule has 0 saturated heterocycles. The highest BCUT2D eigenvalue weighted by Crippen LogP contribution is 2.41. The summed E-state index contributed by atoms with van der Waals surface area (Å²) in [6, 6.07) is 2.20. The van der Waals surface area contributed by atoms with E-state index in [1.165, 1.54) is 11.8 Å². The molecule has 1 atom stereocenters. The van der Waals surface area contributed by atoms with E-state index in [0.29, 0.717) is 27.9 Å². The molecule has 1 unspecified atom stereocenters. The number of thioether (sulfide) groups is 1. The van der Waals surface area contributed by atoms with Crippen LogP contribution < -0.4 is 4.80 Å². The summed E-state index contributed by atoms with van der Waals surface area (Å²) in [6.07, 6.45) is -3.68. The average Bonchev–Trinajstić information content (AvgIpc) is 2.73. The zero-order valence-corrected chi connectivity index (χ0v) is 14.6. The second kappa shape index (κ2) is 6.67. The lowest BCUT2D eigenvalue weighted by Crippen LogP contribution is -2.26. The summed E-state index contributed by atoms with van der Waals surface area (Å²) in [7, 11) is -3.67. The predicted octanol–water partition coefficient (Wildman–Crippen LogP) is 2.17. The maximum atomic E-state index is 12.8. The number of aliphatic hydroxyl groups is 1. The van der Waals surface area contributed by atoms with Gasteiger partial charge in [0.1, 0.15) is 0 Å². The van der Waals surface area contributed by atoms with Crippen molar-refractivity contribution in [1.82, 2.24) is 4.57 Å². The monoisotopic (exact) mass is 402 g/mol. The molecule has 0 saturated carbocycles. The number of benzene rings is 1. The van der Waals surface area contributed by atoms with Crippen LogP contribution in [0, 0.1) is 5.41 Å². The molecule has 0 radical (unpaired) electrons. The Hall–Kier alpha value is -1.08. The van der Waals surface area contributed by atoms with Gasteiger partial charge in [0.15, 0.2) is 4.80 Å². The molecule has 1 aliphatic heterocycles. The van der Waals surface area contributed by atoms with Gasteiger partial charge in [-0.1, -0.05) is 11.3 Å². The molecule has 1 aliphatic rings. The van der Waals surface area contributed by atoms with Crippen LogP contribution in [0.15, 0.2) is 17.0 Å². The fraction of sp³-hybridized carbons (Fsp3) is 0.417. The van der Waals surface area contributed by atoms with Crippen LogP contribution in [0.2, 0.25) is 0 Å². The van der Waals surface area contributed by atoms with Crippen LogP contribution >= 0.6 is 23.1 Å². The quantitative estimate of drug-likeness (QED) is 0.635. The number of thiazole rings is 1. The minimum absolute atomic E-state index is 0.121. The standard InChI is InChI=1S/C11H9F3N2OS2.CH4O3S/c12-11(13,14)5-1-7-9-8(2-5)19-10(15)16(9)3-6(4-17)18-7;1-5(2,3)4/h1-2,6,15,17H,3-4H2;1H3,(H,2,3,4). The van der Waals surface area contributed by atoms with Crippen LogP contribution in [0.5, 0.6) is 0 Å². The number of halogens is 3. The molecule has 0 aliphatic carbocycles. The zero-order valence-electron chi connectivity index (χ0n) is 12.2. The highest BCUT2D eigenvalue weighted by atomic mass is 32.2. The van der Waals surface area contributed by atoms with Crippen LogP contribution in [0.4, 0.5) is 13.2 Å². The first-order valence-electron chi connectivity index (χ1n) is 6.39. The third kappa shape index (κ3) is 4.51. The van der Waals surface area contributed by atoms with Crippen LogP contribution in [-0.2, 0) is 22.8 Å². The van der Waals surface area contributed by atoms with Gasteiger partial charge in [0.05, 0.1) is 33.9 Å². The Morgan fingerprint density at radius 2 is 2.00 bits per heavy atom. The van der Waals surface area contributed by atoms with E-state index in [2.05, 4.69) is 0 Å². The minimum Gasteiger partial charge on any atom is -0.395 e. The molecule has 1 aromatic heterocycles. The van der Waals surface area contributed by atoms with Crippen molar-refractivity contribution < 1.29 is 31.2 Å². The molecular weight excluding hydrogens is 389 g/mol. The summed E-state index contributed by atoms with van der Waals surface area (Å²) in [5.41, 5.74) is -0.0211. The number of hydrogen-bond donors (Lipinski definition) is 3. The Morgan fingerprint density at radius 3 is 2.50 bits per heavy atom. The SMILES string of the molecule is CS(=O)(=O)O.N=c1sc2cc(C(F)(F)F)cc3c2n1CC(CO)S3. The third-order valence-electron chi connectivity index (χ3n) is 2.97. The molecule has 3 N–H and O–H groups in total. The van der Waals surface area contributed by atoms with Gasteiger partial charge in [-0.25, -0.2) is 0 Å². The molecule has 2 heterocycles. The van der Waals surface area contributed by atoms with Gasteiger partial charge in [0.2, 0.25) is 0 Å². The fourth-order valence-corrected chi connectivity index (χ4v) is 4.37. The van der Waals surface area contributed by atoms with E-state index in [1.54, 1.807) is 4.57 Å². The molecule has 0 fully saturated rings. The highest BCUT2D eigenvalue weighted by molar-refractivity contribution is 8.00. The topological polar surface area (TPSA) is 103 Å². The lowest BCUT2D eigenvalue weighted by molar-refractivity contribution is -0.137. The number of aromatic nitrogens is 1. The van der Waals surface area contributed by atoms with Crippen molar-refractivity contribution in [2.45, 2.75) is 22.9 Å². The van der Waals surface area contributed by atoms with Crippen LogP contribution in [0.3, 0.4) is 0 Å². The van der Waals surface area contributed by atoms with Crippen LogP contribution in [0.25, 0.3) is 10.2 Å². The third-order valence-corrected chi connectivity index (χ3v) is 5.11. The summed E-state index contributed by atoms with van der Waals surface area (Å²) in [6.45, 7) is 0.336. The van der Waals surface area contributed by atoms with E-state index in [4.69, 9.17) is 9.96 Å². The van der Waals surface area contributed by atoms with Crippen molar-refractivity contribution in [2.24, 2.45) is 0 Å². The average molecular weight is 402 g/mol. The van der Waals surface area contributed by atoms with Gasteiger partial charge in [0, 0.05) is 11.4 Å². The molecule has 0 amide bonds. The fourth-order valence-electron chi connectivity index (χ4n) is 2.13. The largest absolute Gasteiger partial charge is 0.416 e. The molecule has 134 valence electrons. The first-order valence-corrected chi connectivity index (χ1v) is 9.93. The molecule has 6 nitrogen and oxygen atoms in total.